The first kappa shape index (κ1) is 8.18. The number of fused-ring (bicyclic) bond motifs is 3. The zero-order chi connectivity index (χ0) is 9.54. The number of rotatable bonds is 0. The van der Waals surface area contributed by atoms with Gasteiger partial charge in [0.05, 0.1) is 5.69 Å². The Labute approximate surface area is 90.9 Å². The third kappa shape index (κ3) is 1.11. The topological polar surface area (TPSA) is 12.9 Å². The number of benzene rings is 1. The molecule has 3 rings (SSSR count). The maximum Gasteiger partial charge on any atom is 0.106 e. The molecule has 14 heavy (non-hydrogen) atoms. The first-order valence-corrected chi connectivity index (χ1v) is 5.37. The van der Waals surface area contributed by atoms with E-state index in [9.17, 15) is 0 Å². The zero-order valence-electron chi connectivity index (χ0n) is 7.50. The van der Waals surface area contributed by atoms with Gasteiger partial charge in [0.1, 0.15) is 4.60 Å². The summed E-state index contributed by atoms with van der Waals surface area (Å²) in [6.45, 7) is 0. The van der Waals surface area contributed by atoms with E-state index >= 15 is 0 Å². The molecule has 1 aromatic heterocycles. The van der Waals surface area contributed by atoms with Crippen LogP contribution in [0.2, 0.25) is 0 Å². The van der Waals surface area contributed by atoms with Crippen molar-refractivity contribution < 1.29 is 0 Å². The predicted octanol–water partition coefficient (Wildman–Crippen LogP) is 3.42. The van der Waals surface area contributed by atoms with Crippen LogP contribution in [-0.4, -0.2) is 4.98 Å². The molecule has 1 aliphatic carbocycles. The molecule has 1 aliphatic rings. The highest BCUT2D eigenvalue weighted by Gasteiger charge is 2.18. The molecule has 1 heterocycles. The largest absolute Gasteiger partial charge is 0.245 e. The molecule has 0 saturated heterocycles. The van der Waals surface area contributed by atoms with Crippen molar-refractivity contribution in [1.82, 2.24) is 4.98 Å². The summed E-state index contributed by atoms with van der Waals surface area (Å²) in [6, 6.07) is 12.6. The summed E-state index contributed by atoms with van der Waals surface area (Å²) in [6.07, 6.45) is 0.963. The van der Waals surface area contributed by atoms with Crippen molar-refractivity contribution in [2.75, 3.05) is 0 Å². The van der Waals surface area contributed by atoms with Gasteiger partial charge in [-0.25, -0.2) is 4.98 Å². The Morgan fingerprint density at radius 1 is 1.00 bits per heavy atom. The Bertz CT molecular complexity index is 505. The Morgan fingerprint density at radius 2 is 1.86 bits per heavy atom. The van der Waals surface area contributed by atoms with Crippen LogP contribution in [0.1, 0.15) is 11.3 Å². The molecule has 0 amide bonds. The fourth-order valence-corrected chi connectivity index (χ4v) is 2.32. The molecular formula is C12H8BrN. The maximum atomic E-state index is 4.49. The van der Waals surface area contributed by atoms with Crippen LogP contribution in [0.25, 0.3) is 11.1 Å². The Kier molecular flexibility index (Phi) is 1.71. The summed E-state index contributed by atoms with van der Waals surface area (Å²) < 4.78 is 0.920. The van der Waals surface area contributed by atoms with Crippen LogP contribution in [0.4, 0.5) is 0 Å². The minimum atomic E-state index is 0.920. The van der Waals surface area contributed by atoms with Crippen molar-refractivity contribution in [3.8, 4) is 11.1 Å². The summed E-state index contributed by atoms with van der Waals surface area (Å²) in [5, 5.41) is 0. The molecule has 1 nitrogen and oxygen atoms in total. The number of halogens is 1. The molecular weight excluding hydrogens is 238 g/mol. The van der Waals surface area contributed by atoms with E-state index < -0.39 is 0 Å². The van der Waals surface area contributed by atoms with E-state index in [-0.39, 0.29) is 0 Å². The van der Waals surface area contributed by atoms with E-state index in [1.807, 2.05) is 6.07 Å². The van der Waals surface area contributed by atoms with Gasteiger partial charge < -0.3 is 0 Å². The van der Waals surface area contributed by atoms with Crippen LogP contribution in [0.3, 0.4) is 0 Å². The van der Waals surface area contributed by atoms with Gasteiger partial charge in [-0.05, 0) is 39.2 Å². The van der Waals surface area contributed by atoms with E-state index in [2.05, 4.69) is 51.2 Å². The van der Waals surface area contributed by atoms with Crippen LogP contribution in [0.15, 0.2) is 41.0 Å². The van der Waals surface area contributed by atoms with Gasteiger partial charge in [-0.3, -0.25) is 0 Å². The Hall–Kier alpha value is -1.15. The van der Waals surface area contributed by atoms with Gasteiger partial charge in [0, 0.05) is 12.0 Å². The second kappa shape index (κ2) is 2.92. The van der Waals surface area contributed by atoms with Gasteiger partial charge in [0.25, 0.3) is 0 Å². The molecule has 0 bridgehead atoms. The lowest BCUT2D eigenvalue weighted by molar-refractivity contribution is 1.10. The fourth-order valence-electron chi connectivity index (χ4n) is 1.97. The minimum absolute atomic E-state index is 0.920. The van der Waals surface area contributed by atoms with Gasteiger partial charge >= 0.3 is 0 Å². The Morgan fingerprint density at radius 3 is 2.79 bits per heavy atom. The van der Waals surface area contributed by atoms with E-state index in [0.717, 1.165) is 11.0 Å². The SMILES string of the molecule is Brc1ccc2c(n1)Cc1ccccc1-2. The standard InChI is InChI=1S/C12H8BrN/c13-12-6-5-10-9-4-2-1-3-8(9)7-11(10)14-12/h1-6H,7H2. The molecule has 1 aromatic carbocycles. The van der Waals surface area contributed by atoms with Crippen molar-refractivity contribution in [2.24, 2.45) is 0 Å². The molecule has 0 radical (unpaired) electrons. The summed E-state index contributed by atoms with van der Waals surface area (Å²) in [7, 11) is 0. The second-order valence-electron chi connectivity index (χ2n) is 3.46. The van der Waals surface area contributed by atoms with Crippen molar-refractivity contribution in [3.05, 3.63) is 52.3 Å². The molecule has 68 valence electrons. The molecule has 2 heteroatoms. The first-order valence-electron chi connectivity index (χ1n) is 4.58. The normalized spacial score (nSPS) is 12.4. The lowest BCUT2D eigenvalue weighted by Crippen LogP contribution is -1.86. The molecule has 0 aliphatic heterocycles. The van der Waals surface area contributed by atoms with E-state index in [1.165, 1.54) is 22.4 Å². The molecule has 0 unspecified atom stereocenters. The third-order valence-corrected chi connectivity index (χ3v) is 3.05. The monoisotopic (exact) mass is 245 g/mol. The third-order valence-electron chi connectivity index (χ3n) is 2.61. The number of pyridine rings is 1. The van der Waals surface area contributed by atoms with E-state index in [1.54, 1.807) is 0 Å². The van der Waals surface area contributed by atoms with Gasteiger partial charge in [0.2, 0.25) is 0 Å². The van der Waals surface area contributed by atoms with Gasteiger partial charge in [-0.2, -0.15) is 0 Å². The van der Waals surface area contributed by atoms with Crippen molar-refractivity contribution in [3.63, 3.8) is 0 Å². The predicted molar refractivity (Wildman–Crippen MR) is 60.2 cm³/mol. The van der Waals surface area contributed by atoms with Crippen molar-refractivity contribution >= 4 is 15.9 Å². The van der Waals surface area contributed by atoms with Crippen molar-refractivity contribution in [2.45, 2.75) is 6.42 Å². The lowest BCUT2D eigenvalue weighted by Gasteiger charge is -1.99. The average Bonchev–Trinajstić information content (AvgIpc) is 2.54. The first-order chi connectivity index (χ1) is 6.84. The molecule has 0 fully saturated rings. The van der Waals surface area contributed by atoms with Crippen LogP contribution in [0.5, 0.6) is 0 Å². The van der Waals surface area contributed by atoms with Crippen LogP contribution >= 0.6 is 15.9 Å². The number of hydrogen-bond donors (Lipinski definition) is 0. The van der Waals surface area contributed by atoms with E-state index in [0.29, 0.717) is 0 Å². The number of nitrogens with zero attached hydrogens (tertiary/aromatic N) is 1. The van der Waals surface area contributed by atoms with E-state index in [4.69, 9.17) is 0 Å². The molecule has 0 N–H and O–H groups in total. The van der Waals surface area contributed by atoms with Gasteiger partial charge in [0.15, 0.2) is 0 Å². The summed E-state index contributed by atoms with van der Waals surface area (Å²) in [5.74, 6) is 0. The summed E-state index contributed by atoms with van der Waals surface area (Å²) >= 11 is 3.40. The number of hydrogen-bond acceptors (Lipinski definition) is 1. The molecule has 0 spiro atoms. The second-order valence-corrected chi connectivity index (χ2v) is 4.27. The molecule has 0 saturated carbocycles. The maximum absolute atomic E-state index is 4.49. The van der Waals surface area contributed by atoms with Gasteiger partial charge in [-0.15, -0.1) is 0 Å². The minimum Gasteiger partial charge on any atom is -0.245 e. The lowest BCUT2D eigenvalue weighted by atomic mass is 10.1. The van der Waals surface area contributed by atoms with Gasteiger partial charge in [-0.1, -0.05) is 24.3 Å². The smallest absolute Gasteiger partial charge is 0.106 e. The highest BCUT2D eigenvalue weighted by atomic mass is 79.9. The fraction of sp³-hybridized carbons (Fsp3) is 0.0833. The number of aromatic nitrogens is 1. The average molecular weight is 246 g/mol. The summed E-state index contributed by atoms with van der Waals surface area (Å²) in [5.41, 5.74) is 5.18. The highest BCUT2D eigenvalue weighted by Crippen LogP contribution is 2.35. The quantitative estimate of drug-likeness (QED) is 0.554. The van der Waals surface area contributed by atoms with Crippen LogP contribution < -0.4 is 0 Å². The van der Waals surface area contributed by atoms with Crippen LogP contribution in [-0.2, 0) is 6.42 Å². The summed E-state index contributed by atoms with van der Waals surface area (Å²) in [4.78, 5) is 4.49. The molecule has 0 atom stereocenters. The van der Waals surface area contributed by atoms with Crippen molar-refractivity contribution in [1.29, 1.82) is 0 Å². The molecule has 2 aromatic rings. The van der Waals surface area contributed by atoms with Crippen LogP contribution in [0, 0.1) is 0 Å². The highest BCUT2D eigenvalue weighted by molar-refractivity contribution is 9.10. The zero-order valence-corrected chi connectivity index (χ0v) is 9.08. The Balaban J connectivity index is 2.27.